The van der Waals surface area contributed by atoms with E-state index < -0.39 is 29.9 Å². The molecule has 0 bridgehead atoms. The lowest BCUT2D eigenvalue weighted by atomic mass is 10.0. The van der Waals surface area contributed by atoms with Gasteiger partial charge >= 0.3 is 18.3 Å². The van der Waals surface area contributed by atoms with Gasteiger partial charge in [-0.2, -0.15) is 0 Å². The summed E-state index contributed by atoms with van der Waals surface area (Å²) in [5, 5.41) is 5.60. The molecule has 3 rings (SSSR count). The van der Waals surface area contributed by atoms with Crippen molar-refractivity contribution in [1.29, 1.82) is 0 Å². The van der Waals surface area contributed by atoms with Crippen LogP contribution >= 0.6 is 0 Å². The molecule has 10 nitrogen and oxygen atoms in total. The van der Waals surface area contributed by atoms with E-state index in [0.29, 0.717) is 25.3 Å². The number of carbonyl (C=O) groups excluding carboxylic acids is 3. The van der Waals surface area contributed by atoms with Crippen LogP contribution in [0.25, 0.3) is 0 Å². The molecule has 2 atom stereocenters. The molecule has 0 saturated carbocycles. The summed E-state index contributed by atoms with van der Waals surface area (Å²) in [5.74, 6) is 0.295. The highest BCUT2D eigenvalue weighted by atomic mass is 16.6. The van der Waals surface area contributed by atoms with Gasteiger partial charge in [-0.05, 0) is 39.2 Å². The fourth-order valence-electron chi connectivity index (χ4n) is 3.24. The molecule has 2 N–H and O–H groups in total. The van der Waals surface area contributed by atoms with E-state index in [4.69, 9.17) is 14.2 Å². The maximum absolute atomic E-state index is 12.4. The quantitative estimate of drug-likeness (QED) is 0.702. The lowest BCUT2D eigenvalue weighted by Crippen LogP contribution is -2.47. The van der Waals surface area contributed by atoms with Crippen molar-refractivity contribution in [3.05, 3.63) is 35.9 Å². The standard InChI is InChI=1S/C21H28N4O6/c1-21(2,3)31-20(28)25-16(13-30-19(25)27)11-15-9-10-22-17(23-15)24-18(26)29-12-14-7-5-4-6-8-14/h4-8,15-16H,9-13H2,1-3H3,(H2,22,23,24,26)/t15-,16+/m1/s1. The van der Waals surface area contributed by atoms with Crippen LogP contribution in [0.2, 0.25) is 0 Å². The van der Waals surface area contributed by atoms with Crippen molar-refractivity contribution in [2.45, 2.75) is 57.9 Å². The molecule has 31 heavy (non-hydrogen) atoms. The van der Waals surface area contributed by atoms with Crippen LogP contribution in [0.5, 0.6) is 0 Å². The van der Waals surface area contributed by atoms with Gasteiger partial charge in [0.1, 0.15) is 18.8 Å². The summed E-state index contributed by atoms with van der Waals surface area (Å²) < 4.78 is 15.6. The zero-order valence-corrected chi connectivity index (χ0v) is 17.9. The minimum absolute atomic E-state index is 0.0827. The first-order valence-electron chi connectivity index (χ1n) is 10.2. The number of cyclic esters (lactones) is 1. The van der Waals surface area contributed by atoms with Crippen LogP contribution in [-0.4, -0.2) is 60.0 Å². The first-order valence-corrected chi connectivity index (χ1v) is 10.2. The van der Waals surface area contributed by atoms with Crippen LogP contribution in [0.15, 0.2) is 35.3 Å². The molecule has 0 spiro atoms. The predicted octanol–water partition coefficient (Wildman–Crippen LogP) is 2.78. The monoisotopic (exact) mass is 432 g/mol. The Hall–Kier alpha value is -3.30. The number of guanidine groups is 1. The highest BCUT2D eigenvalue weighted by molar-refractivity contribution is 5.94. The van der Waals surface area contributed by atoms with Gasteiger partial charge in [-0.1, -0.05) is 30.3 Å². The molecule has 0 aliphatic carbocycles. The number of benzene rings is 1. The zero-order chi connectivity index (χ0) is 22.4. The van der Waals surface area contributed by atoms with Crippen LogP contribution in [0, 0.1) is 0 Å². The molecule has 0 unspecified atom stereocenters. The predicted molar refractivity (Wildman–Crippen MR) is 111 cm³/mol. The maximum atomic E-state index is 12.4. The summed E-state index contributed by atoms with van der Waals surface area (Å²) in [7, 11) is 0. The van der Waals surface area contributed by atoms with E-state index in [-0.39, 0.29) is 19.3 Å². The third kappa shape index (κ3) is 6.59. The van der Waals surface area contributed by atoms with Crippen molar-refractivity contribution in [2.75, 3.05) is 13.2 Å². The van der Waals surface area contributed by atoms with E-state index in [1.807, 2.05) is 30.3 Å². The maximum Gasteiger partial charge on any atom is 0.420 e. The summed E-state index contributed by atoms with van der Waals surface area (Å²) in [4.78, 5) is 42.0. The second-order valence-electron chi connectivity index (χ2n) is 8.35. The lowest BCUT2D eigenvalue weighted by Gasteiger charge is -2.28. The first kappa shape index (κ1) is 22.4. The number of ether oxygens (including phenoxy) is 3. The minimum atomic E-state index is -0.735. The molecule has 1 aromatic carbocycles. The highest BCUT2D eigenvalue weighted by Gasteiger charge is 2.41. The Balaban J connectivity index is 1.55. The van der Waals surface area contributed by atoms with Crippen molar-refractivity contribution < 1.29 is 28.6 Å². The zero-order valence-electron chi connectivity index (χ0n) is 17.9. The van der Waals surface area contributed by atoms with E-state index in [1.54, 1.807) is 20.8 Å². The summed E-state index contributed by atoms with van der Waals surface area (Å²) in [5.41, 5.74) is 0.149. The number of amides is 3. The van der Waals surface area contributed by atoms with E-state index in [1.165, 1.54) is 0 Å². The lowest BCUT2D eigenvalue weighted by molar-refractivity contribution is 0.0284. The van der Waals surface area contributed by atoms with Crippen molar-refractivity contribution in [3.8, 4) is 0 Å². The van der Waals surface area contributed by atoms with Gasteiger partial charge in [-0.25, -0.2) is 24.3 Å². The average Bonchev–Trinajstić information content (AvgIpc) is 3.06. The Morgan fingerprint density at radius 2 is 2.03 bits per heavy atom. The summed E-state index contributed by atoms with van der Waals surface area (Å²) >= 11 is 0. The molecule has 2 aliphatic heterocycles. The van der Waals surface area contributed by atoms with Gasteiger partial charge in [0.25, 0.3) is 0 Å². The Morgan fingerprint density at radius 1 is 1.29 bits per heavy atom. The van der Waals surface area contributed by atoms with Crippen molar-refractivity contribution in [1.82, 2.24) is 15.5 Å². The summed E-state index contributed by atoms with van der Waals surface area (Å²) in [6.07, 6.45) is -1.00. The minimum Gasteiger partial charge on any atom is -0.447 e. The fourth-order valence-corrected chi connectivity index (χ4v) is 3.24. The van der Waals surface area contributed by atoms with Gasteiger partial charge in [0.05, 0.1) is 12.1 Å². The molecule has 3 amide bonds. The Labute approximate surface area is 180 Å². The normalized spacial score (nSPS) is 20.9. The van der Waals surface area contributed by atoms with E-state index in [2.05, 4.69) is 15.6 Å². The van der Waals surface area contributed by atoms with Gasteiger partial charge in [0, 0.05) is 6.54 Å². The molecule has 2 heterocycles. The molecule has 2 aliphatic rings. The van der Waals surface area contributed by atoms with E-state index in [9.17, 15) is 14.4 Å². The highest BCUT2D eigenvalue weighted by Crippen LogP contribution is 2.23. The molecule has 0 radical (unpaired) electrons. The van der Waals surface area contributed by atoms with Crippen molar-refractivity contribution in [3.63, 3.8) is 0 Å². The number of aliphatic imine (C=N–C) groups is 1. The Bertz CT molecular complexity index is 836. The number of alkyl carbamates (subject to hydrolysis) is 1. The third-order valence-corrected chi connectivity index (χ3v) is 4.61. The van der Waals surface area contributed by atoms with E-state index in [0.717, 1.165) is 10.5 Å². The average molecular weight is 432 g/mol. The number of carbonyl (C=O) groups is 3. The number of rotatable bonds is 4. The molecule has 1 fully saturated rings. The Kier molecular flexibility index (Phi) is 6.98. The SMILES string of the molecule is CC(C)(C)OC(=O)N1C(=O)OC[C@@H]1C[C@H]1CCNC(NC(=O)OCc2ccccc2)=N1. The smallest absolute Gasteiger partial charge is 0.420 e. The molecular weight excluding hydrogens is 404 g/mol. The van der Waals surface area contributed by atoms with Crippen LogP contribution in [0.1, 0.15) is 39.2 Å². The number of imide groups is 1. The van der Waals surface area contributed by atoms with Gasteiger partial charge in [0.2, 0.25) is 5.96 Å². The van der Waals surface area contributed by atoms with Crippen molar-refractivity contribution >= 4 is 24.2 Å². The molecular formula is C21H28N4O6. The van der Waals surface area contributed by atoms with E-state index >= 15 is 0 Å². The van der Waals surface area contributed by atoms with Crippen LogP contribution in [-0.2, 0) is 20.8 Å². The Morgan fingerprint density at radius 3 is 2.74 bits per heavy atom. The molecule has 10 heteroatoms. The third-order valence-electron chi connectivity index (χ3n) is 4.61. The van der Waals surface area contributed by atoms with Gasteiger partial charge < -0.3 is 19.5 Å². The van der Waals surface area contributed by atoms with Gasteiger partial charge in [-0.15, -0.1) is 0 Å². The number of hydrogen-bond acceptors (Lipinski definition) is 8. The van der Waals surface area contributed by atoms with Crippen LogP contribution in [0.3, 0.4) is 0 Å². The topological polar surface area (TPSA) is 119 Å². The molecule has 1 saturated heterocycles. The second kappa shape index (κ2) is 9.67. The molecule has 1 aromatic rings. The van der Waals surface area contributed by atoms with Crippen molar-refractivity contribution in [2.24, 2.45) is 4.99 Å². The van der Waals surface area contributed by atoms with Gasteiger partial charge in [0.15, 0.2) is 0 Å². The summed E-state index contributed by atoms with van der Waals surface area (Å²) in [6.45, 7) is 6.00. The molecule has 0 aromatic heterocycles. The first-order chi connectivity index (χ1) is 14.7. The fraction of sp³-hybridized carbons (Fsp3) is 0.524. The second-order valence-corrected chi connectivity index (χ2v) is 8.35. The largest absolute Gasteiger partial charge is 0.447 e. The summed E-state index contributed by atoms with van der Waals surface area (Å²) in [6, 6.07) is 8.65. The van der Waals surface area contributed by atoms with Gasteiger partial charge in [-0.3, -0.25) is 5.32 Å². The number of hydrogen-bond donors (Lipinski definition) is 2. The van der Waals surface area contributed by atoms with Crippen LogP contribution in [0.4, 0.5) is 14.4 Å². The number of nitrogens with one attached hydrogen (secondary N) is 2. The number of nitrogens with zero attached hydrogens (tertiary/aromatic N) is 2. The van der Waals surface area contributed by atoms with Crippen LogP contribution < -0.4 is 10.6 Å². The molecule has 168 valence electrons.